The zero-order valence-corrected chi connectivity index (χ0v) is 16.6. The molecule has 0 saturated carbocycles. The molecule has 0 amide bonds. The third kappa shape index (κ3) is 5.35. The van der Waals surface area contributed by atoms with Crippen molar-refractivity contribution in [2.24, 2.45) is 5.92 Å². The first kappa shape index (κ1) is 21.6. The van der Waals surface area contributed by atoms with Gasteiger partial charge in [0, 0.05) is 17.4 Å². The third-order valence-electron chi connectivity index (χ3n) is 4.79. The summed E-state index contributed by atoms with van der Waals surface area (Å²) in [7, 11) is 0. The fourth-order valence-electron chi connectivity index (χ4n) is 3.38. The quantitative estimate of drug-likeness (QED) is 0.388. The molecular weight excluding hydrogens is 431 g/mol. The molecule has 0 saturated heterocycles. The Morgan fingerprint density at radius 1 is 1.19 bits per heavy atom. The number of nitro groups is 1. The molecule has 4 rings (SSSR count). The first-order valence-corrected chi connectivity index (χ1v) is 9.64. The van der Waals surface area contributed by atoms with E-state index >= 15 is 0 Å². The molecule has 0 bridgehead atoms. The Balaban J connectivity index is 1.32. The molecule has 2 heterocycles. The van der Waals surface area contributed by atoms with E-state index in [4.69, 9.17) is 9.47 Å². The number of aromatic nitrogens is 2. The van der Waals surface area contributed by atoms with Crippen LogP contribution in [0, 0.1) is 16.0 Å². The number of benzene rings is 2. The SMILES string of the molecule is O=[N+]([O-])c1cn2c(n1)OCC(COCc1cccc(-c3ccc(OC(F)(F)F)cc3)c1)C2. The largest absolute Gasteiger partial charge is 0.573 e. The molecule has 11 heteroatoms. The van der Waals surface area contributed by atoms with Gasteiger partial charge in [0.15, 0.2) is 0 Å². The van der Waals surface area contributed by atoms with Gasteiger partial charge in [0.1, 0.15) is 18.6 Å². The van der Waals surface area contributed by atoms with E-state index in [-0.39, 0.29) is 23.5 Å². The lowest BCUT2D eigenvalue weighted by Crippen LogP contribution is -2.28. The highest BCUT2D eigenvalue weighted by atomic mass is 19.4. The number of hydrogen-bond acceptors (Lipinski definition) is 6. The van der Waals surface area contributed by atoms with Crippen LogP contribution in [0.15, 0.2) is 54.7 Å². The number of fused-ring (bicyclic) bond motifs is 1. The molecule has 1 atom stereocenters. The van der Waals surface area contributed by atoms with Gasteiger partial charge in [-0.2, -0.15) is 0 Å². The van der Waals surface area contributed by atoms with Crippen LogP contribution >= 0.6 is 0 Å². The maximum atomic E-state index is 12.3. The summed E-state index contributed by atoms with van der Waals surface area (Å²) >= 11 is 0. The monoisotopic (exact) mass is 449 g/mol. The Morgan fingerprint density at radius 3 is 2.69 bits per heavy atom. The molecule has 0 N–H and O–H groups in total. The van der Waals surface area contributed by atoms with Gasteiger partial charge < -0.3 is 24.3 Å². The van der Waals surface area contributed by atoms with E-state index in [1.807, 2.05) is 24.3 Å². The lowest BCUT2D eigenvalue weighted by Gasteiger charge is -2.21. The Hall–Kier alpha value is -3.60. The maximum absolute atomic E-state index is 12.3. The minimum absolute atomic E-state index is 0.0145. The number of ether oxygens (including phenoxy) is 3. The smallest absolute Gasteiger partial charge is 0.445 e. The maximum Gasteiger partial charge on any atom is 0.573 e. The van der Waals surface area contributed by atoms with Crippen LogP contribution in [0.25, 0.3) is 11.1 Å². The van der Waals surface area contributed by atoms with Crippen LogP contribution in [0.2, 0.25) is 0 Å². The van der Waals surface area contributed by atoms with Crippen molar-refractivity contribution >= 4 is 5.82 Å². The highest BCUT2D eigenvalue weighted by Crippen LogP contribution is 2.27. The second kappa shape index (κ2) is 8.87. The molecule has 8 nitrogen and oxygen atoms in total. The van der Waals surface area contributed by atoms with Crippen molar-refractivity contribution in [1.82, 2.24) is 9.55 Å². The average molecular weight is 449 g/mol. The van der Waals surface area contributed by atoms with Gasteiger partial charge in [-0.05, 0) is 39.8 Å². The van der Waals surface area contributed by atoms with Crippen molar-refractivity contribution in [2.75, 3.05) is 13.2 Å². The summed E-state index contributed by atoms with van der Waals surface area (Å²) in [6, 6.07) is 13.4. The number of hydrogen-bond donors (Lipinski definition) is 0. The predicted molar refractivity (Wildman–Crippen MR) is 106 cm³/mol. The molecular formula is C21H18F3N3O5. The normalized spacial score (nSPS) is 15.7. The highest BCUT2D eigenvalue weighted by Gasteiger charge is 2.31. The topological polar surface area (TPSA) is 88.7 Å². The first-order valence-electron chi connectivity index (χ1n) is 9.64. The van der Waals surface area contributed by atoms with Crippen molar-refractivity contribution in [3.8, 4) is 22.9 Å². The summed E-state index contributed by atoms with van der Waals surface area (Å²) in [5.74, 6) is -0.515. The molecule has 1 aliphatic heterocycles. The zero-order chi connectivity index (χ0) is 22.7. The molecule has 0 radical (unpaired) electrons. The van der Waals surface area contributed by atoms with Gasteiger partial charge in [0.05, 0.1) is 13.2 Å². The summed E-state index contributed by atoms with van der Waals surface area (Å²) in [6.07, 6.45) is -3.38. The van der Waals surface area contributed by atoms with E-state index < -0.39 is 11.3 Å². The van der Waals surface area contributed by atoms with E-state index in [1.165, 1.54) is 18.3 Å². The van der Waals surface area contributed by atoms with Crippen molar-refractivity contribution in [3.05, 3.63) is 70.4 Å². The molecule has 0 fully saturated rings. The molecule has 1 aromatic heterocycles. The summed E-state index contributed by atoms with van der Waals surface area (Å²) in [5.41, 5.74) is 2.48. The molecule has 2 aromatic carbocycles. The van der Waals surface area contributed by atoms with Crippen LogP contribution in [0.5, 0.6) is 11.8 Å². The van der Waals surface area contributed by atoms with E-state index in [2.05, 4.69) is 9.72 Å². The third-order valence-corrected chi connectivity index (χ3v) is 4.79. The standard InChI is InChI=1S/C21H18F3N3O5/c22-21(23,24)32-18-6-4-16(5-7-18)17-3-1-2-14(8-17)11-30-12-15-9-26-10-19(27(28)29)25-20(26)31-13-15/h1-8,10,15H,9,11-13H2. The Kier molecular flexibility index (Phi) is 5.99. The Labute approximate surface area is 180 Å². The van der Waals surface area contributed by atoms with Crippen LogP contribution in [0.1, 0.15) is 5.56 Å². The molecule has 0 aliphatic carbocycles. The lowest BCUT2D eigenvalue weighted by molar-refractivity contribution is -0.389. The molecule has 3 aromatic rings. The number of imidazole rings is 1. The number of halogens is 3. The number of nitrogens with zero attached hydrogens (tertiary/aromatic N) is 3. The summed E-state index contributed by atoms with van der Waals surface area (Å²) in [5, 5.41) is 10.8. The first-order chi connectivity index (χ1) is 15.3. The predicted octanol–water partition coefficient (Wildman–Crippen LogP) is 4.58. The average Bonchev–Trinajstić information content (AvgIpc) is 3.17. The van der Waals surface area contributed by atoms with Crippen LogP contribution < -0.4 is 9.47 Å². The van der Waals surface area contributed by atoms with Gasteiger partial charge in [-0.3, -0.25) is 4.57 Å². The molecule has 1 unspecified atom stereocenters. The summed E-state index contributed by atoms with van der Waals surface area (Å²) in [4.78, 5) is 14.1. The van der Waals surface area contributed by atoms with Gasteiger partial charge in [-0.15, -0.1) is 13.2 Å². The van der Waals surface area contributed by atoms with E-state index in [0.29, 0.717) is 26.4 Å². The zero-order valence-electron chi connectivity index (χ0n) is 16.6. The minimum atomic E-state index is -4.73. The fraction of sp³-hybridized carbons (Fsp3) is 0.286. The summed E-state index contributed by atoms with van der Waals surface area (Å²) in [6.45, 7) is 1.57. The Morgan fingerprint density at radius 2 is 1.97 bits per heavy atom. The second-order valence-corrected chi connectivity index (χ2v) is 7.26. The van der Waals surface area contributed by atoms with Crippen LogP contribution in [0.4, 0.5) is 19.0 Å². The van der Waals surface area contributed by atoms with Crippen molar-refractivity contribution < 1.29 is 32.3 Å². The van der Waals surface area contributed by atoms with Gasteiger partial charge in [-0.25, -0.2) is 0 Å². The van der Waals surface area contributed by atoms with Gasteiger partial charge in [-0.1, -0.05) is 30.3 Å². The van der Waals surface area contributed by atoms with Crippen molar-refractivity contribution in [3.63, 3.8) is 0 Å². The van der Waals surface area contributed by atoms with E-state index in [0.717, 1.165) is 16.7 Å². The number of alkyl halides is 3. The molecule has 1 aliphatic rings. The Bertz CT molecular complexity index is 1100. The van der Waals surface area contributed by atoms with Gasteiger partial charge in [0.25, 0.3) is 0 Å². The summed E-state index contributed by atoms with van der Waals surface area (Å²) < 4.78 is 53.7. The second-order valence-electron chi connectivity index (χ2n) is 7.26. The minimum Gasteiger partial charge on any atom is -0.445 e. The van der Waals surface area contributed by atoms with E-state index in [9.17, 15) is 23.3 Å². The van der Waals surface area contributed by atoms with Crippen molar-refractivity contribution in [1.29, 1.82) is 0 Å². The van der Waals surface area contributed by atoms with Crippen molar-refractivity contribution in [2.45, 2.75) is 19.5 Å². The highest BCUT2D eigenvalue weighted by molar-refractivity contribution is 5.64. The lowest BCUT2D eigenvalue weighted by atomic mass is 10.0. The van der Waals surface area contributed by atoms with E-state index in [1.54, 1.807) is 16.7 Å². The molecule has 0 spiro atoms. The van der Waals surface area contributed by atoms with Crippen LogP contribution in [-0.4, -0.2) is 34.1 Å². The molecule has 168 valence electrons. The van der Waals surface area contributed by atoms with Gasteiger partial charge in [0.2, 0.25) is 0 Å². The fourth-order valence-corrected chi connectivity index (χ4v) is 3.38. The van der Waals surface area contributed by atoms with Crippen LogP contribution in [-0.2, 0) is 17.9 Å². The van der Waals surface area contributed by atoms with Crippen LogP contribution in [0.3, 0.4) is 0 Å². The number of rotatable bonds is 7. The molecule has 32 heavy (non-hydrogen) atoms. The van der Waals surface area contributed by atoms with Gasteiger partial charge >= 0.3 is 18.2 Å².